The van der Waals surface area contributed by atoms with Crippen molar-refractivity contribution in [1.29, 1.82) is 0 Å². The van der Waals surface area contributed by atoms with Crippen LogP contribution in [0.4, 0.5) is 5.69 Å². The summed E-state index contributed by atoms with van der Waals surface area (Å²) in [5, 5.41) is 21.4. The Kier molecular flexibility index (Phi) is 6.29. The van der Waals surface area contributed by atoms with E-state index in [0.717, 1.165) is 17.3 Å². The van der Waals surface area contributed by atoms with Gasteiger partial charge >= 0.3 is 5.97 Å². The Morgan fingerprint density at radius 3 is 2.66 bits per heavy atom. The van der Waals surface area contributed by atoms with Crippen molar-refractivity contribution in [1.82, 2.24) is 0 Å². The second kappa shape index (κ2) is 8.87. The van der Waals surface area contributed by atoms with Gasteiger partial charge in [0.15, 0.2) is 11.5 Å². The summed E-state index contributed by atoms with van der Waals surface area (Å²) in [4.78, 5) is 17.2. The molecule has 7 heteroatoms. The smallest absolute Gasteiger partial charge is 0.344 e. The fourth-order valence-electron chi connectivity index (χ4n) is 2.77. The second-order valence-corrected chi connectivity index (χ2v) is 7.24. The van der Waals surface area contributed by atoms with Crippen molar-refractivity contribution in [2.45, 2.75) is 13.8 Å². The Morgan fingerprint density at radius 2 is 1.97 bits per heavy atom. The molecule has 0 saturated carbocycles. The minimum Gasteiger partial charge on any atom is -0.506 e. The summed E-state index contributed by atoms with van der Waals surface area (Å²) < 4.78 is 10.2. The molecule has 0 bridgehead atoms. The van der Waals surface area contributed by atoms with Gasteiger partial charge in [0.1, 0.15) is 16.4 Å². The van der Waals surface area contributed by atoms with E-state index in [9.17, 15) is 15.0 Å². The molecular weight excluding hydrogens is 390 g/mol. The number of esters is 1. The van der Waals surface area contributed by atoms with E-state index < -0.39 is 5.97 Å². The van der Waals surface area contributed by atoms with E-state index in [1.165, 1.54) is 7.11 Å². The zero-order chi connectivity index (χ0) is 21.0. The topological polar surface area (TPSA) is 88.4 Å². The fourth-order valence-corrected chi connectivity index (χ4v) is 3.80. The van der Waals surface area contributed by atoms with Crippen LogP contribution in [0.25, 0.3) is 6.08 Å². The third-order valence-corrected chi connectivity index (χ3v) is 5.15. The van der Waals surface area contributed by atoms with Crippen molar-refractivity contribution in [2.75, 3.05) is 13.7 Å². The van der Waals surface area contributed by atoms with Crippen LogP contribution < -0.4 is 4.74 Å². The normalized spacial score (nSPS) is 16.5. The predicted molar refractivity (Wildman–Crippen MR) is 115 cm³/mol. The van der Waals surface area contributed by atoms with Gasteiger partial charge in [0.05, 0.1) is 24.3 Å². The van der Waals surface area contributed by atoms with Gasteiger partial charge in [-0.1, -0.05) is 36.0 Å². The molecule has 0 amide bonds. The molecule has 0 aromatic heterocycles. The fraction of sp³-hybridized carbons (Fsp3) is 0.182. The average molecular weight is 411 g/mol. The number of benzene rings is 2. The Balaban J connectivity index is 2.06. The van der Waals surface area contributed by atoms with Crippen molar-refractivity contribution >= 4 is 34.5 Å². The predicted octanol–water partition coefficient (Wildman–Crippen LogP) is 4.90. The molecule has 1 aliphatic rings. The van der Waals surface area contributed by atoms with Gasteiger partial charge in [-0.2, -0.15) is 0 Å². The Labute approximate surface area is 173 Å². The van der Waals surface area contributed by atoms with Crippen LogP contribution in [-0.2, 0) is 9.53 Å². The Morgan fingerprint density at radius 1 is 1.21 bits per heavy atom. The molecule has 3 rings (SSSR count). The number of rotatable bonds is 5. The molecule has 0 spiro atoms. The molecular formula is C22H21NO5S. The van der Waals surface area contributed by atoms with E-state index in [4.69, 9.17) is 9.47 Å². The van der Waals surface area contributed by atoms with Crippen LogP contribution in [0.3, 0.4) is 0 Å². The van der Waals surface area contributed by atoms with Gasteiger partial charge in [-0.3, -0.25) is 0 Å². The number of hydrogen-bond donors (Lipinski definition) is 2. The number of phenols is 1. The van der Waals surface area contributed by atoms with Crippen LogP contribution in [0.2, 0.25) is 0 Å². The van der Waals surface area contributed by atoms with Gasteiger partial charge in [0.25, 0.3) is 0 Å². The number of aliphatic imine (C=N–C) groups is 1. The van der Waals surface area contributed by atoms with Crippen LogP contribution in [0.1, 0.15) is 18.1 Å². The van der Waals surface area contributed by atoms with Gasteiger partial charge in [-0.15, -0.1) is 0 Å². The zero-order valence-electron chi connectivity index (χ0n) is 16.3. The van der Waals surface area contributed by atoms with Crippen LogP contribution >= 0.6 is 11.8 Å². The van der Waals surface area contributed by atoms with E-state index in [1.807, 2.05) is 38.1 Å². The maximum atomic E-state index is 12.3. The lowest BCUT2D eigenvalue weighted by Crippen LogP contribution is -2.10. The highest BCUT2D eigenvalue weighted by Gasteiger charge is 2.33. The number of nitrogens with zero attached hydrogens (tertiary/aromatic N) is 1. The van der Waals surface area contributed by atoms with Gasteiger partial charge in [0.2, 0.25) is 0 Å². The molecule has 2 aromatic rings. The summed E-state index contributed by atoms with van der Waals surface area (Å²) in [5.41, 5.74) is 2.12. The standard InChI is InChI=1S/C22H21NO5S/c1-4-28-16-10-6-8-14(19(16)24)12-17-20(25)18(22(26)27-3)21(29-17)23-15-9-5-7-13(2)11-15/h5-12,24-25H,4H2,1-3H3. The lowest BCUT2D eigenvalue weighted by molar-refractivity contribution is -0.135. The minimum absolute atomic E-state index is 0.00860. The third kappa shape index (κ3) is 4.46. The maximum Gasteiger partial charge on any atom is 0.344 e. The van der Waals surface area contributed by atoms with Gasteiger partial charge in [-0.25, -0.2) is 9.79 Å². The van der Waals surface area contributed by atoms with Crippen molar-refractivity contribution in [3.63, 3.8) is 0 Å². The second-order valence-electron chi connectivity index (χ2n) is 6.21. The summed E-state index contributed by atoms with van der Waals surface area (Å²) in [6.45, 7) is 4.18. The van der Waals surface area contributed by atoms with Gasteiger partial charge in [0, 0.05) is 5.56 Å². The molecule has 0 saturated heterocycles. The number of phenolic OH excluding ortho intramolecular Hbond substituents is 1. The quantitative estimate of drug-likeness (QED) is 0.680. The SMILES string of the molecule is CCOc1cccc(C=C2SC(=Nc3cccc(C)c3)C(C(=O)OC)=C2O)c1O. The lowest BCUT2D eigenvalue weighted by atomic mass is 10.1. The Hall–Kier alpha value is -3.19. The number of aliphatic hydroxyl groups is 1. The number of ether oxygens (including phenoxy) is 2. The van der Waals surface area contributed by atoms with Crippen molar-refractivity contribution in [3.8, 4) is 11.5 Å². The molecule has 1 aliphatic heterocycles. The first-order valence-electron chi connectivity index (χ1n) is 8.96. The molecule has 0 atom stereocenters. The molecule has 150 valence electrons. The number of aliphatic hydroxyl groups excluding tert-OH is 1. The van der Waals surface area contributed by atoms with Crippen LogP contribution in [0.5, 0.6) is 11.5 Å². The molecule has 2 N–H and O–H groups in total. The molecule has 0 radical (unpaired) electrons. The van der Waals surface area contributed by atoms with Crippen molar-refractivity contribution in [3.05, 3.63) is 69.8 Å². The zero-order valence-corrected chi connectivity index (χ0v) is 17.1. The van der Waals surface area contributed by atoms with E-state index in [0.29, 0.717) is 33.6 Å². The number of aromatic hydroxyl groups is 1. The van der Waals surface area contributed by atoms with Crippen LogP contribution in [0, 0.1) is 6.92 Å². The number of methoxy groups -OCH3 is 1. The maximum absolute atomic E-state index is 12.3. The molecule has 0 aliphatic carbocycles. The summed E-state index contributed by atoms with van der Waals surface area (Å²) >= 11 is 1.13. The number of thioether (sulfide) groups is 1. The van der Waals surface area contributed by atoms with Gasteiger partial charge < -0.3 is 19.7 Å². The molecule has 0 fully saturated rings. The highest BCUT2D eigenvalue weighted by molar-refractivity contribution is 8.18. The van der Waals surface area contributed by atoms with E-state index in [-0.39, 0.29) is 17.1 Å². The first-order valence-corrected chi connectivity index (χ1v) is 9.78. The first kappa shape index (κ1) is 20.5. The van der Waals surface area contributed by atoms with E-state index in [1.54, 1.807) is 24.3 Å². The number of hydrogen-bond acceptors (Lipinski definition) is 7. The number of carbonyl (C=O) groups excluding carboxylic acids is 1. The highest BCUT2D eigenvalue weighted by atomic mass is 32.2. The largest absolute Gasteiger partial charge is 0.506 e. The lowest BCUT2D eigenvalue weighted by Gasteiger charge is -2.08. The molecule has 1 heterocycles. The number of carbonyl (C=O) groups is 1. The first-order chi connectivity index (χ1) is 13.9. The van der Waals surface area contributed by atoms with Crippen LogP contribution in [-0.4, -0.2) is 34.9 Å². The summed E-state index contributed by atoms with van der Waals surface area (Å²) in [6.07, 6.45) is 1.58. The van der Waals surface area contributed by atoms with E-state index in [2.05, 4.69) is 4.99 Å². The summed E-state index contributed by atoms with van der Waals surface area (Å²) in [5.74, 6) is -0.624. The molecule has 29 heavy (non-hydrogen) atoms. The molecule has 6 nitrogen and oxygen atoms in total. The number of aryl methyl sites for hydroxylation is 1. The van der Waals surface area contributed by atoms with Gasteiger partial charge in [-0.05, 0) is 43.7 Å². The summed E-state index contributed by atoms with van der Waals surface area (Å²) in [6, 6.07) is 12.6. The average Bonchev–Trinajstić information content (AvgIpc) is 2.99. The highest BCUT2D eigenvalue weighted by Crippen LogP contribution is 2.42. The van der Waals surface area contributed by atoms with Crippen molar-refractivity contribution in [2.24, 2.45) is 4.99 Å². The number of para-hydroxylation sites is 1. The molecule has 0 unspecified atom stereocenters. The minimum atomic E-state index is -0.683. The Bertz CT molecular complexity index is 1040. The van der Waals surface area contributed by atoms with Crippen LogP contribution in [0.15, 0.2) is 63.7 Å². The van der Waals surface area contributed by atoms with Crippen molar-refractivity contribution < 1.29 is 24.5 Å². The van der Waals surface area contributed by atoms with E-state index >= 15 is 0 Å². The monoisotopic (exact) mass is 411 g/mol. The third-order valence-electron chi connectivity index (χ3n) is 4.13. The molecule has 2 aromatic carbocycles. The summed E-state index contributed by atoms with van der Waals surface area (Å²) in [7, 11) is 1.25.